The highest BCUT2D eigenvalue weighted by Crippen LogP contribution is 2.25. The van der Waals surface area contributed by atoms with Crippen LogP contribution < -0.4 is 0 Å². The minimum absolute atomic E-state index is 0.0154. The number of carboxylic acid groups (broad SMARTS) is 1. The van der Waals surface area contributed by atoms with Gasteiger partial charge in [-0.1, -0.05) is 48.0 Å². The summed E-state index contributed by atoms with van der Waals surface area (Å²) in [6, 6.07) is 17.8. The Morgan fingerprint density at radius 3 is 2.41 bits per heavy atom. The third kappa shape index (κ3) is 4.79. The van der Waals surface area contributed by atoms with Crippen molar-refractivity contribution < 1.29 is 14.7 Å². The molecule has 1 heterocycles. The molecule has 2 aromatic carbocycles. The summed E-state index contributed by atoms with van der Waals surface area (Å²) in [4.78, 5) is 22.5. The first-order chi connectivity index (χ1) is 13.0. The summed E-state index contributed by atoms with van der Waals surface area (Å²) in [5.41, 5.74) is 4.59. The molecule has 27 heavy (non-hydrogen) atoms. The molecule has 1 N–H and O–H groups in total. The molecule has 5 nitrogen and oxygen atoms in total. The molecular weight excluding hydrogens is 340 g/mol. The van der Waals surface area contributed by atoms with Crippen molar-refractivity contribution in [3.05, 3.63) is 78.0 Å². The highest BCUT2D eigenvalue weighted by atomic mass is 16.4. The molecule has 0 saturated heterocycles. The highest BCUT2D eigenvalue weighted by Gasteiger charge is 2.11. The van der Waals surface area contributed by atoms with Crippen LogP contribution >= 0.6 is 0 Å². The third-order valence-corrected chi connectivity index (χ3v) is 4.12. The van der Waals surface area contributed by atoms with E-state index in [4.69, 9.17) is 10.2 Å². The Morgan fingerprint density at radius 1 is 1.04 bits per heavy atom. The molecule has 1 aromatic heterocycles. The number of rotatable bonds is 7. The second-order valence-corrected chi connectivity index (χ2v) is 6.27. The number of para-hydroxylation sites is 1. The topological polar surface area (TPSA) is 72.2 Å². The number of nitrogens with zero attached hydrogens (tertiary/aromatic N) is 2. The van der Waals surface area contributed by atoms with Crippen LogP contribution in [0.2, 0.25) is 0 Å². The molecule has 0 radical (unpaired) electrons. The quantitative estimate of drug-likeness (QED) is 0.638. The van der Waals surface area contributed by atoms with Crippen LogP contribution in [0.25, 0.3) is 23.0 Å². The van der Waals surface area contributed by atoms with E-state index >= 15 is 0 Å². The van der Waals surface area contributed by atoms with Gasteiger partial charge in [0.1, 0.15) is 0 Å². The number of allylic oxidation sites excluding steroid dienone is 1. The summed E-state index contributed by atoms with van der Waals surface area (Å²) in [5.74, 6) is -1.20. The van der Waals surface area contributed by atoms with Crippen LogP contribution in [0, 0.1) is 6.92 Å². The summed E-state index contributed by atoms with van der Waals surface area (Å²) < 4.78 is 1.77. The Hall–Kier alpha value is -3.47. The minimum Gasteiger partial charge on any atom is -0.481 e. The number of aryl methyl sites for hydroxylation is 1. The fraction of sp³-hybridized carbons (Fsp3) is 0.136. The zero-order valence-corrected chi connectivity index (χ0v) is 15.0. The molecule has 0 spiro atoms. The number of carboxylic acids is 1. The van der Waals surface area contributed by atoms with Gasteiger partial charge in [0.2, 0.25) is 0 Å². The van der Waals surface area contributed by atoms with Crippen LogP contribution in [0.1, 0.15) is 24.0 Å². The van der Waals surface area contributed by atoms with E-state index in [0.717, 1.165) is 28.1 Å². The van der Waals surface area contributed by atoms with Crippen molar-refractivity contribution in [2.75, 3.05) is 0 Å². The van der Waals surface area contributed by atoms with Crippen molar-refractivity contribution in [1.29, 1.82) is 0 Å². The molecule has 0 aliphatic carbocycles. The minimum atomic E-state index is -0.978. The smallest absolute Gasteiger partial charge is 0.303 e. The standard InChI is InChI=1S/C22H20N2O3/c1-16-7-9-17(10-8-16)22-18(11-12-20(25)13-14-21(26)27)15-24(23-22)19-5-3-2-4-6-19/h2-12,15H,13-14H2,1H3,(H,26,27)/b12-11+. The van der Waals surface area contributed by atoms with Gasteiger partial charge in [-0.25, -0.2) is 4.68 Å². The predicted octanol–water partition coefficient (Wildman–Crippen LogP) is 4.29. The summed E-state index contributed by atoms with van der Waals surface area (Å²) in [6.45, 7) is 2.02. The van der Waals surface area contributed by atoms with Crippen LogP contribution in [0.5, 0.6) is 0 Å². The molecule has 0 bridgehead atoms. The lowest BCUT2D eigenvalue weighted by Crippen LogP contribution is -2.00. The molecule has 0 amide bonds. The van der Waals surface area contributed by atoms with Gasteiger partial charge < -0.3 is 5.11 Å². The third-order valence-electron chi connectivity index (χ3n) is 4.12. The Kier molecular flexibility index (Phi) is 5.61. The van der Waals surface area contributed by atoms with Gasteiger partial charge in [-0.05, 0) is 31.2 Å². The highest BCUT2D eigenvalue weighted by molar-refractivity contribution is 5.95. The first kappa shape index (κ1) is 18.3. The van der Waals surface area contributed by atoms with E-state index < -0.39 is 5.97 Å². The van der Waals surface area contributed by atoms with Gasteiger partial charge >= 0.3 is 5.97 Å². The average Bonchev–Trinajstić information content (AvgIpc) is 3.10. The van der Waals surface area contributed by atoms with Crippen LogP contribution in [0.3, 0.4) is 0 Å². The number of hydrogen-bond acceptors (Lipinski definition) is 3. The van der Waals surface area contributed by atoms with Gasteiger partial charge in [0, 0.05) is 23.7 Å². The average molecular weight is 360 g/mol. The van der Waals surface area contributed by atoms with Crippen molar-refractivity contribution in [3.8, 4) is 16.9 Å². The molecule has 5 heteroatoms. The first-order valence-corrected chi connectivity index (χ1v) is 8.68. The van der Waals surface area contributed by atoms with Crippen molar-refractivity contribution in [2.24, 2.45) is 0 Å². The monoisotopic (exact) mass is 360 g/mol. The van der Waals surface area contributed by atoms with E-state index in [9.17, 15) is 9.59 Å². The van der Waals surface area contributed by atoms with Gasteiger partial charge in [0.25, 0.3) is 0 Å². The maximum atomic E-state index is 11.9. The maximum absolute atomic E-state index is 11.9. The normalized spacial score (nSPS) is 11.0. The molecule has 136 valence electrons. The molecule has 0 fully saturated rings. The number of aliphatic carboxylic acids is 1. The molecule has 0 atom stereocenters. The lowest BCUT2D eigenvalue weighted by atomic mass is 10.1. The SMILES string of the molecule is Cc1ccc(-c2nn(-c3ccccc3)cc2/C=C/C(=O)CCC(=O)O)cc1. The molecule has 0 aliphatic heterocycles. The van der Waals surface area contributed by atoms with Gasteiger partial charge in [0.15, 0.2) is 5.78 Å². The van der Waals surface area contributed by atoms with E-state index in [-0.39, 0.29) is 18.6 Å². The molecule has 0 aliphatic rings. The molecule has 3 rings (SSSR count). The zero-order chi connectivity index (χ0) is 19.2. The Labute approximate surface area is 157 Å². The lowest BCUT2D eigenvalue weighted by molar-refractivity contribution is -0.138. The fourth-order valence-electron chi connectivity index (χ4n) is 2.65. The predicted molar refractivity (Wildman–Crippen MR) is 105 cm³/mol. The number of hydrogen-bond donors (Lipinski definition) is 1. The molecule has 0 saturated carbocycles. The van der Waals surface area contributed by atoms with Crippen molar-refractivity contribution in [3.63, 3.8) is 0 Å². The number of benzene rings is 2. The van der Waals surface area contributed by atoms with Crippen molar-refractivity contribution >= 4 is 17.8 Å². The summed E-state index contributed by atoms with van der Waals surface area (Å²) >= 11 is 0. The van der Waals surface area contributed by atoms with Gasteiger partial charge in [-0.2, -0.15) is 5.10 Å². The summed E-state index contributed by atoms with van der Waals surface area (Å²) in [7, 11) is 0. The van der Waals surface area contributed by atoms with E-state index in [2.05, 4.69) is 0 Å². The van der Waals surface area contributed by atoms with Crippen molar-refractivity contribution in [1.82, 2.24) is 9.78 Å². The Balaban J connectivity index is 1.95. The largest absolute Gasteiger partial charge is 0.481 e. The van der Waals surface area contributed by atoms with E-state index in [1.165, 1.54) is 6.08 Å². The van der Waals surface area contributed by atoms with E-state index in [1.807, 2.05) is 67.7 Å². The number of carbonyl (C=O) groups excluding carboxylic acids is 1. The summed E-state index contributed by atoms with van der Waals surface area (Å²) in [6.07, 6.45) is 4.81. The van der Waals surface area contributed by atoms with Gasteiger partial charge in [-0.3, -0.25) is 9.59 Å². The molecule has 3 aromatic rings. The number of aromatic nitrogens is 2. The number of carbonyl (C=O) groups is 2. The second kappa shape index (κ2) is 8.27. The van der Waals surface area contributed by atoms with E-state index in [0.29, 0.717) is 0 Å². The van der Waals surface area contributed by atoms with Crippen LogP contribution in [-0.2, 0) is 9.59 Å². The summed E-state index contributed by atoms with van der Waals surface area (Å²) in [5, 5.41) is 13.4. The Bertz CT molecular complexity index is 971. The van der Waals surface area contributed by atoms with E-state index in [1.54, 1.807) is 10.8 Å². The fourth-order valence-corrected chi connectivity index (χ4v) is 2.65. The second-order valence-electron chi connectivity index (χ2n) is 6.27. The Morgan fingerprint density at radius 2 is 1.74 bits per heavy atom. The van der Waals surface area contributed by atoms with Crippen LogP contribution in [0.15, 0.2) is 66.9 Å². The lowest BCUT2D eigenvalue weighted by Gasteiger charge is -2.01. The van der Waals surface area contributed by atoms with Crippen molar-refractivity contribution in [2.45, 2.75) is 19.8 Å². The van der Waals surface area contributed by atoms with Crippen LogP contribution in [0.4, 0.5) is 0 Å². The zero-order valence-electron chi connectivity index (χ0n) is 15.0. The first-order valence-electron chi connectivity index (χ1n) is 8.68. The molecule has 0 unspecified atom stereocenters. The number of ketones is 1. The van der Waals surface area contributed by atoms with Gasteiger partial charge in [-0.15, -0.1) is 0 Å². The maximum Gasteiger partial charge on any atom is 0.303 e. The molecular formula is C22H20N2O3. The van der Waals surface area contributed by atoms with Gasteiger partial charge in [0.05, 0.1) is 17.8 Å². The van der Waals surface area contributed by atoms with Crippen LogP contribution in [-0.4, -0.2) is 26.6 Å².